The van der Waals surface area contributed by atoms with E-state index in [0.717, 1.165) is 37.4 Å². The zero-order chi connectivity index (χ0) is 26.7. The predicted molar refractivity (Wildman–Crippen MR) is 136 cm³/mol. The number of piperidine rings is 1. The average molecular weight is 520 g/mol. The Hall–Kier alpha value is -3.43. The summed E-state index contributed by atoms with van der Waals surface area (Å²) in [6.45, 7) is 5.19. The van der Waals surface area contributed by atoms with Crippen LogP contribution in [0.2, 0.25) is 0 Å². The number of anilines is 2. The third-order valence-corrected chi connectivity index (χ3v) is 7.03. The Bertz CT molecular complexity index is 1130. The van der Waals surface area contributed by atoms with Gasteiger partial charge in [-0.05, 0) is 42.8 Å². The van der Waals surface area contributed by atoms with E-state index in [4.69, 9.17) is 14.2 Å². The van der Waals surface area contributed by atoms with E-state index in [1.165, 1.54) is 24.6 Å². The maximum absolute atomic E-state index is 13.5. The first kappa shape index (κ1) is 26.6. The van der Waals surface area contributed by atoms with Crippen molar-refractivity contribution >= 4 is 23.1 Å². The van der Waals surface area contributed by atoms with Crippen LogP contribution >= 0.6 is 0 Å². The van der Waals surface area contributed by atoms with E-state index < -0.39 is 29.8 Å². The van der Waals surface area contributed by atoms with Gasteiger partial charge in [0, 0.05) is 43.6 Å². The van der Waals surface area contributed by atoms with Gasteiger partial charge >= 0.3 is 12.1 Å². The Morgan fingerprint density at radius 3 is 2.30 bits per heavy atom. The minimum Gasteiger partial charge on any atom is -0.497 e. The van der Waals surface area contributed by atoms with Crippen molar-refractivity contribution in [3.8, 4) is 11.5 Å². The predicted octanol–water partition coefficient (Wildman–Crippen LogP) is 5.36. The minimum atomic E-state index is -4.58. The number of hydrazone groups is 1. The molecule has 10 heteroatoms. The van der Waals surface area contributed by atoms with Gasteiger partial charge in [-0.15, -0.1) is 0 Å². The molecule has 0 amide bonds. The molecule has 0 unspecified atom stereocenters. The van der Waals surface area contributed by atoms with Crippen LogP contribution in [0, 0.1) is 12.8 Å². The van der Waals surface area contributed by atoms with Gasteiger partial charge in [0.2, 0.25) is 0 Å². The highest BCUT2D eigenvalue weighted by molar-refractivity contribution is 5.96. The molecule has 200 valence electrons. The van der Waals surface area contributed by atoms with E-state index in [0.29, 0.717) is 11.4 Å². The van der Waals surface area contributed by atoms with Gasteiger partial charge in [0.25, 0.3) is 0 Å². The fourth-order valence-electron chi connectivity index (χ4n) is 4.90. The van der Waals surface area contributed by atoms with Crippen LogP contribution in [0.1, 0.15) is 31.7 Å². The van der Waals surface area contributed by atoms with Crippen molar-refractivity contribution in [2.75, 3.05) is 37.2 Å². The average Bonchev–Trinajstić information content (AvgIpc) is 3.21. The third-order valence-electron chi connectivity index (χ3n) is 7.03. The van der Waals surface area contributed by atoms with Gasteiger partial charge in [0.15, 0.2) is 0 Å². The summed E-state index contributed by atoms with van der Waals surface area (Å²) in [5, 5.41) is 5.11. The minimum absolute atomic E-state index is 0.0294. The van der Waals surface area contributed by atoms with Crippen molar-refractivity contribution < 1.29 is 32.2 Å². The summed E-state index contributed by atoms with van der Waals surface area (Å²) >= 11 is 0. The zero-order valence-corrected chi connectivity index (χ0v) is 21.4. The molecule has 4 rings (SSSR count). The van der Waals surface area contributed by atoms with Gasteiger partial charge < -0.3 is 19.1 Å². The molecule has 0 spiro atoms. The van der Waals surface area contributed by atoms with Gasteiger partial charge in [-0.2, -0.15) is 18.3 Å². The summed E-state index contributed by atoms with van der Waals surface area (Å²) in [6, 6.07) is 12.1. The standard InChI is InChI=1S/C27H32F3N3O4/c1-17-5-8-22(35-3)15-23(17)32-13-11-21(12-14-32)37-20-9-6-19(7-10-20)33-24(16-25(34)36-4)18(2)26(31-33)27(28,29)30/h5-10,15,18,21,24H,11-14,16H2,1-4H3/t18-,24-/m0/s1. The van der Waals surface area contributed by atoms with Crippen molar-refractivity contribution in [1.82, 2.24) is 0 Å². The Morgan fingerprint density at radius 2 is 1.70 bits per heavy atom. The van der Waals surface area contributed by atoms with Crippen LogP contribution < -0.4 is 19.4 Å². The van der Waals surface area contributed by atoms with Crippen molar-refractivity contribution in [2.24, 2.45) is 11.0 Å². The number of methoxy groups -OCH3 is 2. The van der Waals surface area contributed by atoms with E-state index in [2.05, 4.69) is 29.1 Å². The fourth-order valence-corrected chi connectivity index (χ4v) is 4.90. The molecule has 0 aliphatic carbocycles. The molecule has 0 saturated carbocycles. The van der Waals surface area contributed by atoms with E-state index in [1.807, 2.05) is 6.07 Å². The molecule has 7 nitrogen and oxygen atoms in total. The summed E-state index contributed by atoms with van der Waals surface area (Å²) in [5.41, 5.74) is 1.89. The van der Waals surface area contributed by atoms with Crippen molar-refractivity contribution in [1.29, 1.82) is 0 Å². The van der Waals surface area contributed by atoms with Crippen molar-refractivity contribution in [3.63, 3.8) is 0 Å². The Morgan fingerprint density at radius 1 is 1.05 bits per heavy atom. The fraction of sp³-hybridized carbons (Fsp3) is 0.481. The number of hydrogen-bond acceptors (Lipinski definition) is 7. The van der Waals surface area contributed by atoms with Crippen molar-refractivity contribution in [3.05, 3.63) is 48.0 Å². The highest BCUT2D eigenvalue weighted by Gasteiger charge is 2.48. The summed E-state index contributed by atoms with van der Waals surface area (Å²) in [5.74, 6) is -0.104. The van der Waals surface area contributed by atoms with Gasteiger partial charge in [0.05, 0.1) is 32.4 Å². The number of carbonyl (C=O) groups excluding carboxylic acids is 1. The van der Waals surface area contributed by atoms with Crippen molar-refractivity contribution in [2.45, 2.75) is 51.4 Å². The Balaban J connectivity index is 1.41. The van der Waals surface area contributed by atoms with Gasteiger partial charge in [-0.3, -0.25) is 9.80 Å². The molecule has 2 aromatic carbocycles. The number of halogens is 3. The van der Waals surface area contributed by atoms with E-state index in [9.17, 15) is 18.0 Å². The Kier molecular flexibility index (Phi) is 7.85. The first-order chi connectivity index (χ1) is 17.6. The zero-order valence-electron chi connectivity index (χ0n) is 21.4. The monoisotopic (exact) mass is 519 g/mol. The second-order valence-corrected chi connectivity index (χ2v) is 9.41. The summed E-state index contributed by atoms with van der Waals surface area (Å²) in [7, 11) is 2.87. The molecule has 0 N–H and O–H groups in total. The summed E-state index contributed by atoms with van der Waals surface area (Å²) < 4.78 is 56.8. The second kappa shape index (κ2) is 10.9. The van der Waals surface area contributed by atoms with E-state index in [-0.39, 0.29) is 12.5 Å². The molecule has 0 bridgehead atoms. The summed E-state index contributed by atoms with van der Waals surface area (Å²) in [4.78, 5) is 14.2. The lowest BCUT2D eigenvalue weighted by Gasteiger charge is -2.34. The lowest BCUT2D eigenvalue weighted by Crippen LogP contribution is -2.38. The van der Waals surface area contributed by atoms with Crippen LogP contribution in [0.15, 0.2) is 47.6 Å². The maximum Gasteiger partial charge on any atom is 0.431 e. The first-order valence-electron chi connectivity index (χ1n) is 12.3. The van der Waals surface area contributed by atoms with Gasteiger partial charge in [-0.25, -0.2) is 0 Å². The Labute approximate surface area is 214 Å². The smallest absolute Gasteiger partial charge is 0.431 e. The van der Waals surface area contributed by atoms with Crippen LogP contribution in [0.4, 0.5) is 24.5 Å². The number of esters is 1. The molecule has 37 heavy (non-hydrogen) atoms. The second-order valence-electron chi connectivity index (χ2n) is 9.41. The van der Waals surface area contributed by atoms with Crippen LogP contribution in [0.5, 0.6) is 11.5 Å². The quantitative estimate of drug-likeness (QED) is 0.459. The molecular formula is C27H32F3N3O4. The molecule has 2 atom stereocenters. The van der Waals surface area contributed by atoms with Crippen LogP contribution in [0.25, 0.3) is 0 Å². The van der Waals surface area contributed by atoms with Crippen LogP contribution in [-0.2, 0) is 9.53 Å². The largest absolute Gasteiger partial charge is 0.497 e. The highest BCUT2D eigenvalue weighted by Crippen LogP contribution is 2.37. The topological polar surface area (TPSA) is 63.6 Å². The van der Waals surface area contributed by atoms with E-state index >= 15 is 0 Å². The number of rotatable bonds is 7. The third kappa shape index (κ3) is 5.94. The van der Waals surface area contributed by atoms with Gasteiger partial charge in [0.1, 0.15) is 23.3 Å². The molecule has 2 aliphatic heterocycles. The van der Waals surface area contributed by atoms with Crippen LogP contribution in [-0.4, -0.2) is 57.3 Å². The number of carbonyl (C=O) groups is 1. The number of aryl methyl sites for hydroxylation is 1. The number of alkyl halides is 3. The normalized spacial score (nSPS) is 20.6. The number of hydrogen-bond donors (Lipinski definition) is 0. The number of nitrogens with zero attached hydrogens (tertiary/aromatic N) is 3. The number of benzene rings is 2. The molecule has 2 aliphatic rings. The lowest BCUT2D eigenvalue weighted by molar-refractivity contribution is -0.141. The first-order valence-corrected chi connectivity index (χ1v) is 12.3. The molecular weight excluding hydrogens is 487 g/mol. The van der Waals surface area contributed by atoms with Gasteiger partial charge in [-0.1, -0.05) is 13.0 Å². The highest BCUT2D eigenvalue weighted by atomic mass is 19.4. The lowest BCUT2D eigenvalue weighted by atomic mass is 9.94. The summed E-state index contributed by atoms with van der Waals surface area (Å²) in [6.07, 6.45) is -3.08. The molecule has 2 aromatic rings. The maximum atomic E-state index is 13.5. The molecule has 2 heterocycles. The molecule has 1 fully saturated rings. The molecule has 1 saturated heterocycles. The molecule has 0 radical (unpaired) electrons. The van der Waals surface area contributed by atoms with Crippen LogP contribution in [0.3, 0.4) is 0 Å². The SMILES string of the molecule is COC(=O)C[C@H]1[C@H](C)C(C(F)(F)F)=NN1c1ccc(OC2CCN(c3cc(OC)ccc3C)CC2)cc1. The molecule has 0 aromatic heterocycles. The van der Waals surface area contributed by atoms with E-state index in [1.54, 1.807) is 31.4 Å². The number of ether oxygens (including phenoxy) is 3.